The van der Waals surface area contributed by atoms with Crippen LogP contribution in [-0.4, -0.2) is 9.55 Å². The number of fused-ring (bicyclic) bond motifs is 1. The number of nitrogens with zero attached hydrogens (tertiary/aromatic N) is 2. The Balaban J connectivity index is 1.93. The number of benzene rings is 2. The summed E-state index contributed by atoms with van der Waals surface area (Å²) >= 11 is 0. The largest absolute Gasteiger partial charge is 0.416 e. The fourth-order valence-electron chi connectivity index (χ4n) is 2.13. The van der Waals surface area contributed by atoms with Crippen molar-refractivity contribution in [1.29, 1.82) is 0 Å². The SMILES string of the molecule is Cn1c(C#Cc2ccc(C(F)(F)F)cc2)nc2ccccc21. The van der Waals surface area contributed by atoms with Crippen molar-refractivity contribution in [2.45, 2.75) is 6.18 Å². The molecule has 0 unspecified atom stereocenters. The Morgan fingerprint density at radius 3 is 2.27 bits per heavy atom. The number of para-hydroxylation sites is 2. The molecule has 3 aromatic rings. The van der Waals surface area contributed by atoms with E-state index in [1.165, 1.54) is 12.1 Å². The van der Waals surface area contributed by atoms with E-state index in [0.717, 1.165) is 23.2 Å². The van der Waals surface area contributed by atoms with Gasteiger partial charge in [0.25, 0.3) is 0 Å². The van der Waals surface area contributed by atoms with E-state index < -0.39 is 11.7 Å². The van der Waals surface area contributed by atoms with Gasteiger partial charge in [0, 0.05) is 12.6 Å². The summed E-state index contributed by atoms with van der Waals surface area (Å²) in [6.45, 7) is 0. The standard InChI is InChI=1S/C17H11F3N2/c1-22-15-5-3-2-4-14(15)21-16(22)11-8-12-6-9-13(10-7-12)17(18,19)20/h2-7,9-10H,1H3. The predicted octanol–water partition coefficient (Wildman–Crippen LogP) is 3.99. The highest BCUT2D eigenvalue weighted by Gasteiger charge is 2.29. The van der Waals surface area contributed by atoms with Gasteiger partial charge in [0.2, 0.25) is 0 Å². The zero-order valence-corrected chi connectivity index (χ0v) is 11.6. The second kappa shape index (κ2) is 5.23. The fraction of sp³-hybridized carbons (Fsp3) is 0.118. The Morgan fingerprint density at radius 2 is 1.64 bits per heavy atom. The van der Waals surface area contributed by atoms with Crippen molar-refractivity contribution in [3.63, 3.8) is 0 Å². The molecule has 110 valence electrons. The number of aryl methyl sites for hydroxylation is 1. The van der Waals surface area contributed by atoms with E-state index in [1.54, 1.807) is 0 Å². The minimum Gasteiger partial charge on any atom is -0.320 e. The summed E-state index contributed by atoms with van der Waals surface area (Å²) < 4.78 is 39.3. The van der Waals surface area contributed by atoms with Gasteiger partial charge in [0.05, 0.1) is 16.6 Å². The highest BCUT2D eigenvalue weighted by molar-refractivity contribution is 5.76. The Hall–Kier alpha value is -2.74. The Kier molecular flexibility index (Phi) is 3.38. The lowest BCUT2D eigenvalue weighted by Gasteiger charge is -2.05. The second-order valence-electron chi connectivity index (χ2n) is 4.81. The highest BCUT2D eigenvalue weighted by Crippen LogP contribution is 2.28. The number of aromatic nitrogens is 2. The molecular formula is C17H11F3N2. The first-order valence-electron chi connectivity index (χ1n) is 6.56. The van der Waals surface area contributed by atoms with E-state index in [2.05, 4.69) is 16.8 Å². The molecule has 0 spiro atoms. The Morgan fingerprint density at radius 1 is 0.955 bits per heavy atom. The average molecular weight is 300 g/mol. The third kappa shape index (κ3) is 2.68. The van der Waals surface area contributed by atoms with Crippen LogP contribution in [0.15, 0.2) is 48.5 Å². The molecule has 0 fully saturated rings. The van der Waals surface area contributed by atoms with Gasteiger partial charge in [-0.2, -0.15) is 13.2 Å². The molecular weight excluding hydrogens is 289 g/mol. The zero-order valence-electron chi connectivity index (χ0n) is 11.6. The summed E-state index contributed by atoms with van der Waals surface area (Å²) in [5.74, 6) is 6.31. The van der Waals surface area contributed by atoms with E-state index in [-0.39, 0.29) is 0 Å². The van der Waals surface area contributed by atoms with Crippen LogP contribution in [0.25, 0.3) is 11.0 Å². The van der Waals surface area contributed by atoms with Gasteiger partial charge in [-0.05, 0) is 42.3 Å². The maximum absolute atomic E-state index is 12.5. The summed E-state index contributed by atoms with van der Waals surface area (Å²) in [6.07, 6.45) is -4.33. The Bertz CT molecular complexity index is 878. The fourth-order valence-corrected chi connectivity index (χ4v) is 2.13. The van der Waals surface area contributed by atoms with Crippen molar-refractivity contribution >= 4 is 11.0 Å². The normalized spacial score (nSPS) is 11.3. The third-order valence-corrected chi connectivity index (χ3v) is 3.32. The molecule has 0 saturated carbocycles. The van der Waals surface area contributed by atoms with Crippen LogP contribution in [0, 0.1) is 11.8 Å². The number of hydrogen-bond donors (Lipinski definition) is 0. The van der Waals surface area contributed by atoms with Gasteiger partial charge in [-0.3, -0.25) is 0 Å². The quantitative estimate of drug-likeness (QED) is 0.574. The molecule has 0 aliphatic heterocycles. The van der Waals surface area contributed by atoms with Crippen LogP contribution < -0.4 is 0 Å². The van der Waals surface area contributed by atoms with Crippen molar-refractivity contribution in [2.75, 3.05) is 0 Å². The first-order valence-corrected chi connectivity index (χ1v) is 6.56. The molecule has 0 aliphatic rings. The smallest absolute Gasteiger partial charge is 0.320 e. The van der Waals surface area contributed by atoms with Gasteiger partial charge in [-0.25, -0.2) is 4.98 Å². The highest BCUT2D eigenvalue weighted by atomic mass is 19.4. The van der Waals surface area contributed by atoms with Crippen molar-refractivity contribution < 1.29 is 13.2 Å². The van der Waals surface area contributed by atoms with Gasteiger partial charge in [0.1, 0.15) is 0 Å². The zero-order chi connectivity index (χ0) is 15.7. The molecule has 0 aliphatic carbocycles. The number of halogens is 3. The van der Waals surface area contributed by atoms with E-state index in [1.807, 2.05) is 35.9 Å². The maximum atomic E-state index is 12.5. The van der Waals surface area contributed by atoms with Gasteiger partial charge in [0.15, 0.2) is 5.82 Å². The van der Waals surface area contributed by atoms with Crippen molar-refractivity contribution in [2.24, 2.45) is 7.05 Å². The summed E-state index contributed by atoms with van der Waals surface area (Å²) in [4.78, 5) is 4.39. The topological polar surface area (TPSA) is 17.8 Å². The monoisotopic (exact) mass is 300 g/mol. The van der Waals surface area contributed by atoms with Crippen LogP contribution in [0.5, 0.6) is 0 Å². The van der Waals surface area contributed by atoms with Crippen LogP contribution >= 0.6 is 0 Å². The van der Waals surface area contributed by atoms with Crippen LogP contribution in [0.1, 0.15) is 17.0 Å². The maximum Gasteiger partial charge on any atom is 0.416 e. The number of alkyl halides is 3. The first kappa shape index (κ1) is 14.2. The predicted molar refractivity (Wildman–Crippen MR) is 78.1 cm³/mol. The number of rotatable bonds is 0. The second-order valence-corrected chi connectivity index (χ2v) is 4.81. The number of imidazole rings is 1. The van der Waals surface area contributed by atoms with E-state index in [4.69, 9.17) is 0 Å². The Labute approximate surface area is 125 Å². The minimum atomic E-state index is -4.33. The third-order valence-electron chi connectivity index (χ3n) is 3.32. The molecule has 5 heteroatoms. The summed E-state index contributed by atoms with van der Waals surface area (Å²) in [5, 5.41) is 0. The lowest BCUT2D eigenvalue weighted by Crippen LogP contribution is -2.04. The minimum absolute atomic E-state index is 0.514. The molecule has 0 radical (unpaired) electrons. The molecule has 1 aromatic heterocycles. The van der Waals surface area contributed by atoms with Crippen LogP contribution in [0.2, 0.25) is 0 Å². The van der Waals surface area contributed by atoms with Crippen LogP contribution in [-0.2, 0) is 13.2 Å². The molecule has 0 saturated heterocycles. The molecule has 2 aromatic carbocycles. The number of hydrogen-bond acceptors (Lipinski definition) is 1. The lowest BCUT2D eigenvalue weighted by molar-refractivity contribution is -0.137. The van der Waals surface area contributed by atoms with Gasteiger partial charge >= 0.3 is 6.18 Å². The summed E-state index contributed by atoms with van der Waals surface area (Å²) in [7, 11) is 1.85. The molecule has 0 N–H and O–H groups in total. The van der Waals surface area contributed by atoms with Crippen LogP contribution in [0.4, 0.5) is 13.2 Å². The van der Waals surface area contributed by atoms with E-state index in [0.29, 0.717) is 11.4 Å². The average Bonchev–Trinajstić information content (AvgIpc) is 2.82. The molecule has 22 heavy (non-hydrogen) atoms. The summed E-state index contributed by atoms with van der Waals surface area (Å²) in [6, 6.07) is 12.4. The van der Waals surface area contributed by atoms with E-state index in [9.17, 15) is 13.2 Å². The van der Waals surface area contributed by atoms with Crippen molar-refractivity contribution in [1.82, 2.24) is 9.55 Å². The summed E-state index contributed by atoms with van der Waals surface area (Å²) in [5.41, 5.74) is 1.63. The van der Waals surface area contributed by atoms with Crippen molar-refractivity contribution in [3.8, 4) is 11.8 Å². The first-order chi connectivity index (χ1) is 10.4. The van der Waals surface area contributed by atoms with Gasteiger partial charge < -0.3 is 4.57 Å². The van der Waals surface area contributed by atoms with E-state index >= 15 is 0 Å². The lowest BCUT2D eigenvalue weighted by atomic mass is 10.1. The molecule has 0 bridgehead atoms. The molecule has 0 atom stereocenters. The molecule has 0 amide bonds. The molecule has 1 heterocycles. The van der Waals surface area contributed by atoms with Crippen LogP contribution in [0.3, 0.4) is 0 Å². The van der Waals surface area contributed by atoms with Gasteiger partial charge in [-0.1, -0.05) is 18.1 Å². The van der Waals surface area contributed by atoms with Crippen molar-refractivity contribution in [3.05, 3.63) is 65.5 Å². The van der Waals surface area contributed by atoms with Gasteiger partial charge in [-0.15, -0.1) is 0 Å². The molecule has 2 nitrogen and oxygen atoms in total. The molecule has 3 rings (SSSR count).